The molecule has 7 heteroatoms. The van der Waals surface area contributed by atoms with Gasteiger partial charge in [0.2, 0.25) is 0 Å². The van der Waals surface area contributed by atoms with Crippen LogP contribution in [-0.4, -0.2) is 29.5 Å². The van der Waals surface area contributed by atoms with E-state index in [0.717, 1.165) is 29.0 Å². The van der Waals surface area contributed by atoms with E-state index in [0.29, 0.717) is 19.7 Å². The van der Waals surface area contributed by atoms with Crippen molar-refractivity contribution in [1.29, 1.82) is 0 Å². The van der Waals surface area contributed by atoms with E-state index in [-0.39, 0.29) is 12.1 Å². The number of rotatable bonds is 6. The van der Waals surface area contributed by atoms with Crippen LogP contribution in [0.25, 0.3) is 0 Å². The molecule has 1 atom stereocenters. The number of methoxy groups -OCH3 is 1. The third-order valence-corrected chi connectivity index (χ3v) is 4.39. The molecular formula is C17H21ClN4O2. The summed E-state index contributed by atoms with van der Waals surface area (Å²) in [4.78, 5) is 12.1. The molecule has 1 aliphatic rings. The van der Waals surface area contributed by atoms with Crippen LogP contribution in [0.15, 0.2) is 30.6 Å². The lowest BCUT2D eigenvalue weighted by Crippen LogP contribution is -2.36. The Hall–Kier alpha value is -2.05. The molecular weight excluding hydrogens is 328 g/mol. The summed E-state index contributed by atoms with van der Waals surface area (Å²) in [5.41, 5.74) is 3.33. The predicted molar refractivity (Wildman–Crippen MR) is 92.0 cm³/mol. The number of carbonyl (C=O) groups is 1. The minimum absolute atomic E-state index is 0.0432. The Bertz CT molecular complexity index is 716. The molecule has 2 N–H and O–H groups in total. The van der Waals surface area contributed by atoms with Crippen LogP contribution in [0.2, 0.25) is 5.02 Å². The molecule has 6 nitrogen and oxygen atoms in total. The summed E-state index contributed by atoms with van der Waals surface area (Å²) in [5, 5.41) is 10.9. The molecule has 1 aliphatic carbocycles. The zero-order valence-electron chi connectivity index (χ0n) is 13.6. The minimum atomic E-state index is -0.174. The summed E-state index contributed by atoms with van der Waals surface area (Å²) in [6, 6.07) is 5.71. The number of nitrogens with zero attached hydrogens (tertiary/aromatic N) is 2. The first-order chi connectivity index (χ1) is 11.7. The van der Waals surface area contributed by atoms with Gasteiger partial charge in [0.15, 0.2) is 0 Å². The molecule has 0 bridgehead atoms. The van der Waals surface area contributed by atoms with Crippen molar-refractivity contribution >= 4 is 17.6 Å². The lowest BCUT2D eigenvalue weighted by atomic mass is 10.1. The zero-order chi connectivity index (χ0) is 16.9. The highest BCUT2D eigenvalue weighted by molar-refractivity contribution is 6.30. The highest BCUT2D eigenvalue weighted by atomic mass is 35.5. The van der Waals surface area contributed by atoms with Crippen molar-refractivity contribution in [2.24, 2.45) is 0 Å². The highest BCUT2D eigenvalue weighted by Gasteiger charge is 2.23. The Labute approximate surface area is 146 Å². The maximum atomic E-state index is 12.1. The maximum absolute atomic E-state index is 12.1. The summed E-state index contributed by atoms with van der Waals surface area (Å²) >= 11 is 6.01. The van der Waals surface area contributed by atoms with Crippen LogP contribution in [-0.2, 0) is 24.2 Å². The normalized spacial score (nSPS) is 16.0. The molecule has 0 spiro atoms. The zero-order valence-corrected chi connectivity index (χ0v) is 14.3. The topological polar surface area (TPSA) is 68.2 Å². The van der Waals surface area contributed by atoms with Crippen LogP contribution in [0.3, 0.4) is 0 Å². The van der Waals surface area contributed by atoms with E-state index in [1.165, 1.54) is 5.56 Å². The van der Waals surface area contributed by atoms with Gasteiger partial charge in [-0.3, -0.25) is 4.68 Å². The third kappa shape index (κ3) is 4.07. The maximum Gasteiger partial charge on any atom is 0.315 e. The average Bonchev–Trinajstić information content (AvgIpc) is 3.18. The number of urea groups is 1. The number of nitrogens with one attached hydrogen (secondary N) is 2. The first-order valence-electron chi connectivity index (χ1n) is 7.98. The molecule has 1 aromatic heterocycles. The van der Waals surface area contributed by atoms with E-state index in [4.69, 9.17) is 16.3 Å². The second-order valence-electron chi connectivity index (χ2n) is 5.87. The number of ether oxygens (including phenoxy) is 1. The first-order valence-corrected chi connectivity index (χ1v) is 8.36. The SMILES string of the molecule is COCCn1cc(CNC(=O)N[C@@H]2CCc3cc(Cl)ccc32)cn1. The van der Waals surface area contributed by atoms with Gasteiger partial charge in [-0.1, -0.05) is 17.7 Å². The number of fused-ring (bicyclic) bond motifs is 1. The summed E-state index contributed by atoms with van der Waals surface area (Å²) in [5.74, 6) is 0. The van der Waals surface area contributed by atoms with Crippen LogP contribution < -0.4 is 10.6 Å². The summed E-state index contributed by atoms with van der Waals surface area (Å²) < 4.78 is 6.82. The lowest BCUT2D eigenvalue weighted by molar-refractivity contribution is 0.183. The second-order valence-corrected chi connectivity index (χ2v) is 6.30. The first kappa shape index (κ1) is 16.8. The quantitative estimate of drug-likeness (QED) is 0.843. The van der Waals surface area contributed by atoms with Crippen molar-refractivity contribution < 1.29 is 9.53 Å². The second kappa shape index (κ2) is 7.68. The molecule has 0 saturated heterocycles. The summed E-state index contributed by atoms with van der Waals surface area (Å²) in [6.07, 6.45) is 5.50. The highest BCUT2D eigenvalue weighted by Crippen LogP contribution is 2.32. The van der Waals surface area contributed by atoms with Gasteiger partial charge in [-0.2, -0.15) is 5.10 Å². The summed E-state index contributed by atoms with van der Waals surface area (Å²) in [6.45, 7) is 1.75. The van der Waals surface area contributed by atoms with Crippen LogP contribution in [0.5, 0.6) is 0 Å². The van der Waals surface area contributed by atoms with Crippen molar-refractivity contribution in [2.45, 2.75) is 32.0 Å². The van der Waals surface area contributed by atoms with Gasteiger partial charge in [-0.05, 0) is 36.1 Å². The molecule has 0 radical (unpaired) electrons. The molecule has 24 heavy (non-hydrogen) atoms. The molecule has 2 amide bonds. The minimum Gasteiger partial charge on any atom is -0.383 e. The van der Waals surface area contributed by atoms with Crippen LogP contribution in [0.1, 0.15) is 29.2 Å². The van der Waals surface area contributed by atoms with E-state index in [2.05, 4.69) is 15.7 Å². The Morgan fingerprint density at radius 3 is 3.21 bits per heavy atom. The van der Waals surface area contributed by atoms with E-state index < -0.39 is 0 Å². The van der Waals surface area contributed by atoms with Crippen LogP contribution in [0, 0.1) is 0 Å². The molecule has 1 heterocycles. The van der Waals surface area contributed by atoms with Crippen molar-refractivity contribution in [3.8, 4) is 0 Å². The largest absolute Gasteiger partial charge is 0.383 e. The van der Waals surface area contributed by atoms with E-state index >= 15 is 0 Å². The van der Waals surface area contributed by atoms with E-state index in [1.807, 2.05) is 24.4 Å². The Morgan fingerprint density at radius 1 is 1.50 bits per heavy atom. The molecule has 0 aliphatic heterocycles. The number of halogens is 1. The van der Waals surface area contributed by atoms with Gasteiger partial charge < -0.3 is 15.4 Å². The number of amides is 2. The van der Waals surface area contributed by atoms with Gasteiger partial charge >= 0.3 is 6.03 Å². The Kier molecular flexibility index (Phi) is 5.37. The third-order valence-electron chi connectivity index (χ3n) is 4.15. The van der Waals surface area contributed by atoms with Crippen LogP contribution >= 0.6 is 11.6 Å². The van der Waals surface area contributed by atoms with Gasteiger partial charge in [0.25, 0.3) is 0 Å². The van der Waals surface area contributed by atoms with Crippen molar-refractivity contribution in [1.82, 2.24) is 20.4 Å². The fourth-order valence-electron chi connectivity index (χ4n) is 2.93. The van der Waals surface area contributed by atoms with E-state index in [9.17, 15) is 4.79 Å². The monoisotopic (exact) mass is 348 g/mol. The van der Waals surface area contributed by atoms with Crippen molar-refractivity contribution in [2.75, 3.05) is 13.7 Å². The Balaban J connectivity index is 1.49. The average molecular weight is 349 g/mol. The lowest BCUT2D eigenvalue weighted by Gasteiger charge is -2.14. The van der Waals surface area contributed by atoms with Gasteiger partial charge in [0.05, 0.1) is 25.4 Å². The van der Waals surface area contributed by atoms with Crippen molar-refractivity contribution in [3.63, 3.8) is 0 Å². The number of benzene rings is 1. The number of aromatic nitrogens is 2. The van der Waals surface area contributed by atoms with Crippen LogP contribution in [0.4, 0.5) is 4.79 Å². The smallest absolute Gasteiger partial charge is 0.315 e. The number of carbonyl (C=O) groups excluding carboxylic acids is 1. The predicted octanol–water partition coefficient (Wildman–Crippen LogP) is 2.67. The fraction of sp³-hybridized carbons (Fsp3) is 0.412. The Morgan fingerprint density at radius 2 is 2.38 bits per heavy atom. The molecule has 3 rings (SSSR count). The van der Waals surface area contributed by atoms with Crippen molar-refractivity contribution in [3.05, 3.63) is 52.3 Å². The van der Waals surface area contributed by atoms with Gasteiger partial charge in [-0.25, -0.2) is 4.79 Å². The molecule has 2 aromatic rings. The fourth-order valence-corrected chi connectivity index (χ4v) is 3.13. The molecule has 128 valence electrons. The molecule has 0 saturated carbocycles. The standard InChI is InChI=1S/C17H21ClN4O2/c1-24-7-6-22-11-12(10-20-22)9-19-17(23)21-16-5-2-13-8-14(18)3-4-15(13)16/h3-4,8,10-11,16H,2,5-7,9H2,1H3,(H2,19,21,23)/t16-/m1/s1. The van der Waals surface area contributed by atoms with E-state index in [1.54, 1.807) is 18.0 Å². The van der Waals surface area contributed by atoms with Gasteiger partial charge in [0.1, 0.15) is 0 Å². The number of aryl methyl sites for hydroxylation is 1. The van der Waals surface area contributed by atoms with Gasteiger partial charge in [0, 0.05) is 30.4 Å². The number of hydrogen-bond acceptors (Lipinski definition) is 3. The number of hydrogen-bond donors (Lipinski definition) is 2. The summed E-state index contributed by atoms with van der Waals surface area (Å²) in [7, 11) is 1.66. The molecule has 0 unspecified atom stereocenters. The molecule has 0 fully saturated rings. The molecule has 1 aromatic carbocycles. The van der Waals surface area contributed by atoms with Gasteiger partial charge in [-0.15, -0.1) is 0 Å².